The third kappa shape index (κ3) is 4.92. The minimum Gasteiger partial charge on any atom is -0.459 e. The van der Waals surface area contributed by atoms with Gasteiger partial charge in [0.2, 0.25) is 11.8 Å². The maximum Gasteiger partial charge on any atom is 0.320 e. The van der Waals surface area contributed by atoms with E-state index in [4.69, 9.17) is 4.74 Å². The van der Waals surface area contributed by atoms with Crippen molar-refractivity contribution in [3.63, 3.8) is 0 Å². The molecule has 31 heavy (non-hydrogen) atoms. The number of imide groups is 1. The van der Waals surface area contributed by atoms with Crippen molar-refractivity contribution in [2.75, 3.05) is 31.1 Å². The van der Waals surface area contributed by atoms with E-state index in [1.54, 1.807) is 0 Å². The number of hydrogen-bond donors (Lipinski definition) is 1. The summed E-state index contributed by atoms with van der Waals surface area (Å²) in [5.41, 5.74) is 3.42. The number of esters is 1. The Morgan fingerprint density at radius 3 is 2.52 bits per heavy atom. The number of carbonyl (C=O) groups is 3. The number of nitrogens with one attached hydrogen (secondary N) is 1. The molecule has 0 bridgehead atoms. The van der Waals surface area contributed by atoms with E-state index in [2.05, 4.69) is 33.3 Å². The van der Waals surface area contributed by atoms with Crippen LogP contribution in [0.4, 0.5) is 5.69 Å². The zero-order chi connectivity index (χ0) is 22.2. The van der Waals surface area contributed by atoms with Gasteiger partial charge in [0.25, 0.3) is 0 Å². The summed E-state index contributed by atoms with van der Waals surface area (Å²) in [6, 6.07) is 6.16. The van der Waals surface area contributed by atoms with Gasteiger partial charge in [-0.05, 0) is 82.7 Å². The van der Waals surface area contributed by atoms with Gasteiger partial charge in [-0.1, -0.05) is 12.1 Å². The van der Waals surface area contributed by atoms with E-state index in [1.165, 1.54) is 11.1 Å². The number of anilines is 1. The fraction of sp³-hybridized carbons (Fsp3) is 0.625. The Hall–Kier alpha value is -2.41. The molecule has 0 saturated carbocycles. The minimum absolute atomic E-state index is 0.161. The number of ether oxygens (including phenoxy) is 1. The molecular formula is C24H33N3O4. The lowest BCUT2D eigenvalue weighted by Crippen LogP contribution is -2.52. The third-order valence-corrected chi connectivity index (χ3v) is 6.49. The van der Waals surface area contributed by atoms with E-state index in [1.807, 2.05) is 20.8 Å². The van der Waals surface area contributed by atoms with Crippen LogP contribution in [-0.2, 0) is 25.5 Å². The Bertz CT molecular complexity index is 868. The Morgan fingerprint density at radius 1 is 1.10 bits per heavy atom. The molecule has 3 aliphatic heterocycles. The molecule has 0 aliphatic carbocycles. The summed E-state index contributed by atoms with van der Waals surface area (Å²) in [7, 11) is 0. The predicted molar refractivity (Wildman–Crippen MR) is 118 cm³/mol. The molecule has 168 valence electrons. The lowest BCUT2D eigenvalue weighted by molar-refractivity contribution is -0.156. The van der Waals surface area contributed by atoms with Gasteiger partial charge in [-0.15, -0.1) is 0 Å². The fourth-order valence-corrected chi connectivity index (χ4v) is 5.13. The minimum atomic E-state index is -0.450. The molecule has 7 heteroatoms. The number of carbonyl (C=O) groups excluding carboxylic acids is 3. The molecule has 7 nitrogen and oxygen atoms in total. The molecule has 0 spiro atoms. The SMILES string of the molecule is CC(C)(C)OC(=O)CN1CCC(c2cccc3c2CCN3C2CCC(=O)NC2=O)CC1. The number of benzene rings is 1. The average molecular weight is 428 g/mol. The molecule has 3 aliphatic rings. The van der Waals surface area contributed by atoms with Gasteiger partial charge >= 0.3 is 5.97 Å². The highest BCUT2D eigenvalue weighted by atomic mass is 16.6. The lowest BCUT2D eigenvalue weighted by atomic mass is 9.85. The van der Waals surface area contributed by atoms with Crippen molar-refractivity contribution in [1.82, 2.24) is 10.2 Å². The van der Waals surface area contributed by atoms with Gasteiger partial charge in [0.1, 0.15) is 11.6 Å². The molecular weight excluding hydrogens is 394 g/mol. The number of likely N-dealkylation sites (tertiary alicyclic amines) is 1. The van der Waals surface area contributed by atoms with Crippen molar-refractivity contribution < 1.29 is 19.1 Å². The summed E-state index contributed by atoms with van der Waals surface area (Å²) >= 11 is 0. The molecule has 1 unspecified atom stereocenters. The molecule has 1 aromatic carbocycles. The zero-order valence-corrected chi connectivity index (χ0v) is 18.8. The van der Waals surface area contributed by atoms with Crippen molar-refractivity contribution in [2.24, 2.45) is 0 Å². The molecule has 1 atom stereocenters. The van der Waals surface area contributed by atoms with Gasteiger partial charge < -0.3 is 9.64 Å². The second-order valence-corrected chi connectivity index (χ2v) is 9.89. The average Bonchev–Trinajstić information content (AvgIpc) is 3.11. The highest BCUT2D eigenvalue weighted by molar-refractivity contribution is 6.02. The number of piperidine rings is 2. The van der Waals surface area contributed by atoms with Gasteiger partial charge in [0.15, 0.2) is 0 Å². The van der Waals surface area contributed by atoms with E-state index in [9.17, 15) is 14.4 Å². The standard InChI is InChI=1S/C24H33N3O4/c1-24(2,3)31-22(29)15-26-12-9-16(10-13-26)17-5-4-6-19-18(17)11-14-27(19)20-7-8-21(28)25-23(20)30/h4-6,16,20H,7-15H2,1-3H3,(H,25,28,30). The van der Waals surface area contributed by atoms with Crippen molar-refractivity contribution >= 4 is 23.5 Å². The highest BCUT2D eigenvalue weighted by Crippen LogP contribution is 2.39. The number of nitrogens with zero attached hydrogens (tertiary/aromatic N) is 2. The Morgan fingerprint density at radius 2 is 1.84 bits per heavy atom. The van der Waals surface area contributed by atoms with Crippen LogP contribution in [0.25, 0.3) is 0 Å². The van der Waals surface area contributed by atoms with E-state index in [-0.39, 0.29) is 23.8 Å². The van der Waals surface area contributed by atoms with Crippen LogP contribution in [0.5, 0.6) is 0 Å². The first-order valence-electron chi connectivity index (χ1n) is 11.4. The van der Waals surface area contributed by atoms with E-state index in [0.29, 0.717) is 25.3 Å². The molecule has 4 rings (SSSR count). The summed E-state index contributed by atoms with van der Waals surface area (Å²) in [5.74, 6) is -0.0458. The molecule has 2 fully saturated rings. The zero-order valence-electron chi connectivity index (χ0n) is 18.8. The van der Waals surface area contributed by atoms with E-state index < -0.39 is 5.60 Å². The third-order valence-electron chi connectivity index (χ3n) is 6.49. The van der Waals surface area contributed by atoms with Crippen LogP contribution >= 0.6 is 0 Å². The fourth-order valence-electron chi connectivity index (χ4n) is 5.13. The van der Waals surface area contributed by atoms with Gasteiger partial charge in [-0.25, -0.2) is 0 Å². The Labute approximate surface area is 184 Å². The van der Waals surface area contributed by atoms with Gasteiger partial charge in [0.05, 0.1) is 6.54 Å². The number of fused-ring (bicyclic) bond motifs is 1. The van der Waals surface area contributed by atoms with Crippen LogP contribution in [0.3, 0.4) is 0 Å². The van der Waals surface area contributed by atoms with Crippen LogP contribution in [0.2, 0.25) is 0 Å². The van der Waals surface area contributed by atoms with Crippen LogP contribution in [0.1, 0.15) is 63.5 Å². The quantitative estimate of drug-likeness (QED) is 0.587. The van der Waals surface area contributed by atoms with Gasteiger partial charge in [-0.2, -0.15) is 0 Å². The highest BCUT2D eigenvalue weighted by Gasteiger charge is 2.36. The topological polar surface area (TPSA) is 79.0 Å². The smallest absolute Gasteiger partial charge is 0.320 e. The van der Waals surface area contributed by atoms with Gasteiger partial charge in [-0.3, -0.25) is 24.6 Å². The molecule has 3 heterocycles. The number of amides is 2. The van der Waals surface area contributed by atoms with E-state index in [0.717, 1.165) is 44.6 Å². The van der Waals surface area contributed by atoms with Crippen molar-refractivity contribution in [1.29, 1.82) is 0 Å². The summed E-state index contributed by atoms with van der Waals surface area (Å²) in [4.78, 5) is 40.4. The monoisotopic (exact) mass is 427 g/mol. The molecule has 0 radical (unpaired) electrons. The Kier molecular flexibility index (Phi) is 6.06. The Balaban J connectivity index is 1.40. The second-order valence-electron chi connectivity index (χ2n) is 9.89. The normalized spacial score (nSPS) is 22.9. The van der Waals surface area contributed by atoms with Gasteiger partial charge in [0, 0.05) is 18.7 Å². The van der Waals surface area contributed by atoms with Crippen molar-refractivity contribution in [3.05, 3.63) is 29.3 Å². The van der Waals surface area contributed by atoms with Crippen molar-refractivity contribution in [2.45, 2.75) is 70.4 Å². The molecule has 1 aromatic rings. The predicted octanol–water partition coefficient (Wildman–Crippen LogP) is 2.38. The number of hydrogen-bond acceptors (Lipinski definition) is 6. The number of rotatable bonds is 4. The maximum absolute atomic E-state index is 12.4. The summed E-state index contributed by atoms with van der Waals surface area (Å²) in [6.45, 7) is 8.60. The summed E-state index contributed by atoms with van der Waals surface area (Å²) in [6.07, 6.45) is 3.94. The van der Waals surface area contributed by atoms with Crippen LogP contribution in [0.15, 0.2) is 18.2 Å². The van der Waals surface area contributed by atoms with E-state index >= 15 is 0 Å². The molecule has 2 amide bonds. The first-order valence-corrected chi connectivity index (χ1v) is 11.4. The summed E-state index contributed by atoms with van der Waals surface area (Å²) in [5, 5.41) is 2.49. The lowest BCUT2D eigenvalue weighted by Gasteiger charge is -2.34. The first-order chi connectivity index (χ1) is 14.7. The largest absolute Gasteiger partial charge is 0.459 e. The maximum atomic E-state index is 12.4. The molecule has 1 N–H and O–H groups in total. The second kappa shape index (κ2) is 8.61. The first kappa shape index (κ1) is 21.8. The van der Waals surface area contributed by atoms with Crippen LogP contribution in [-0.4, -0.2) is 60.5 Å². The van der Waals surface area contributed by atoms with Crippen molar-refractivity contribution in [3.8, 4) is 0 Å². The molecule has 0 aromatic heterocycles. The summed E-state index contributed by atoms with van der Waals surface area (Å²) < 4.78 is 5.46. The van der Waals surface area contributed by atoms with Crippen LogP contribution in [0, 0.1) is 0 Å². The molecule has 2 saturated heterocycles. The van der Waals surface area contributed by atoms with Crippen LogP contribution < -0.4 is 10.2 Å².